The van der Waals surface area contributed by atoms with Gasteiger partial charge in [0.1, 0.15) is 0 Å². The summed E-state index contributed by atoms with van der Waals surface area (Å²) in [6.07, 6.45) is 3.63. The highest BCUT2D eigenvalue weighted by Crippen LogP contribution is 2.22. The van der Waals surface area contributed by atoms with Gasteiger partial charge in [-0.1, -0.05) is 24.3 Å². The number of sulfone groups is 1. The standard InChI is InChI=1S/C14H21NO2S/c15-8-7-12-3-5-13(6-4-12)10-14-2-1-9-18(16,17)11-14/h3-6,14H,1-2,7-11,15H2. The van der Waals surface area contributed by atoms with Crippen LogP contribution in [0.1, 0.15) is 24.0 Å². The Morgan fingerprint density at radius 1 is 1.17 bits per heavy atom. The molecule has 18 heavy (non-hydrogen) atoms. The highest BCUT2D eigenvalue weighted by Gasteiger charge is 2.24. The zero-order chi connectivity index (χ0) is 13.0. The quantitative estimate of drug-likeness (QED) is 0.900. The molecule has 2 rings (SSSR count). The third-order valence-corrected chi connectivity index (χ3v) is 5.43. The molecular formula is C14H21NO2S. The van der Waals surface area contributed by atoms with Crippen LogP contribution in [0, 0.1) is 5.92 Å². The molecule has 0 aromatic heterocycles. The van der Waals surface area contributed by atoms with Crippen LogP contribution in [0.4, 0.5) is 0 Å². The lowest BCUT2D eigenvalue weighted by molar-refractivity contribution is 0.483. The van der Waals surface area contributed by atoms with Crippen LogP contribution < -0.4 is 5.73 Å². The Balaban J connectivity index is 1.96. The van der Waals surface area contributed by atoms with E-state index in [1.807, 2.05) is 0 Å². The molecule has 1 saturated heterocycles. The number of benzene rings is 1. The van der Waals surface area contributed by atoms with Gasteiger partial charge in [-0.3, -0.25) is 0 Å². The Bertz CT molecular complexity index is 479. The Morgan fingerprint density at radius 3 is 2.44 bits per heavy atom. The van der Waals surface area contributed by atoms with Gasteiger partial charge in [0, 0.05) is 0 Å². The summed E-state index contributed by atoms with van der Waals surface area (Å²) in [5.41, 5.74) is 7.99. The van der Waals surface area contributed by atoms with Gasteiger partial charge in [-0.05, 0) is 49.3 Å². The van der Waals surface area contributed by atoms with Crippen molar-refractivity contribution in [3.8, 4) is 0 Å². The van der Waals surface area contributed by atoms with Crippen molar-refractivity contribution in [1.29, 1.82) is 0 Å². The maximum Gasteiger partial charge on any atom is 0.150 e. The molecule has 0 aliphatic carbocycles. The van der Waals surface area contributed by atoms with E-state index in [9.17, 15) is 8.42 Å². The molecule has 3 nitrogen and oxygen atoms in total. The van der Waals surface area contributed by atoms with Gasteiger partial charge in [-0.25, -0.2) is 8.42 Å². The minimum Gasteiger partial charge on any atom is -0.330 e. The SMILES string of the molecule is NCCc1ccc(CC2CCCS(=O)(=O)C2)cc1. The lowest BCUT2D eigenvalue weighted by Crippen LogP contribution is -2.26. The van der Waals surface area contributed by atoms with E-state index in [0.29, 0.717) is 24.0 Å². The molecule has 2 N–H and O–H groups in total. The molecule has 100 valence electrons. The molecular weight excluding hydrogens is 246 g/mol. The molecule has 4 heteroatoms. The summed E-state index contributed by atoms with van der Waals surface area (Å²) in [6.45, 7) is 0.667. The first-order chi connectivity index (χ1) is 8.59. The van der Waals surface area contributed by atoms with Crippen molar-refractivity contribution in [3.63, 3.8) is 0 Å². The molecule has 0 amide bonds. The zero-order valence-electron chi connectivity index (χ0n) is 10.6. The third kappa shape index (κ3) is 3.82. The van der Waals surface area contributed by atoms with Gasteiger partial charge in [-0.2, -0.15) is 0 Å². The van der Waals surface area contributed by atoms with Crippen LogP contribution in [-0.2, 0) is 22.7 Å². The van der Waals surface area contributed by atoms with E-state index in [1.165, 1.54) is 11.1 Å². The second-order valence-electron chi connectivity index (χ2n) is 5.18. The second-order valence-corrected chi connectivity index (χ2v) is 7.41. The smallest absolute Gasteiger partial charge is 0.150 e. The van der Waals surface area contributed by atoms with E-state index >= 15 is 0 Å². The maximum absolute atomic E-state index is 11.6. The van der Waals surface area contributed by atoms with Gasteiger partial charge in [0.15, 0.2) is 9.84 Å². The van der Waals surface area contributed by atoms with Crippen molar-refractivity contribution in [3.05, 3.63) is 35.4 Å². The van der Waals surface area contributed by atoms with Gasteiger partial charge in [0.05, 0.1) is 11.5 Å². The van der Waals surface area contributed by atoms with Crippen LogP contribution in [0.3, 0.4) is 0 Å². The highest BCUT2D eigenvalue weighted by molar-refractivity contribution is 7.91. The number of hydrogen-bond donors (Lipinski definition) is 1. The van der Waals surface area contributed by atoms with E-state index in [-0.39, 0.29) is 0 Å². The topological polar surface area (TPSA) is 60.2 Å². The zero-order valence-corrected chi connectivity index (χ0v) is 11.5. The van der Waals surface area contributed by atoms with Crippen molar-refractivity contribution < 1.29 is 8.42 Å². The van der Waals surface area contributed by atoms with Crippen LogP contribution in [0.25, 0.3) is 0 Å². The molecule has 0 bridgehead atoms. The maximum atomic E-state index is 11.6. The van der Waals surface area contributed by atoms with Gasteiger partial charge in [-0.15, -0.1) is 0 Å². The van der Waals surface area contributed by atoms with E-state index in [0.717, 1.165) is 25.7 Å². The van der Waals surface area contributed by atoms with Gasteiger partial charge in [0.25, 0.3) is 0 Å². The van der Waals surface area contributed by atoms with Crippen molar-refractivity contribution >= 4 is 9.84 Å². The monoisotopic (exact) mass is 267 g/mol. The Kier molecular flexibility index (Phi) is 4.40. The van der Waals surface area contributed by atoms with Gasteiger partial charge < -0.3 is 5.73 Å². The van der Waals surface area contributed by atoms with Crippen LogP contribution in [0.15, 0.2) is 24.3 Å². The summed E-state index contributed by atoms with van der Waals surface area (Å²) in [6, 6.07) is 8.40. The Morgan fingerprint density at radius 2 is 1.83 bits per heavy atom. The highest BCUT2D eigenvalue weighted by atomic mass is 32.2. The largest absolute Gasteiger partial charge is 0.330 e. The van der Waals surface area contributed by atoms with Crippen LogP contribution in [0.5, 0.6) is 0 Å². The van der Waals surface area contributed by atoms with Crippen LogP contribution in [0.2, 0.25) is 0 Å². The lowest BCUT2D eigenvalue weighted by atomic mass is 9.95. The normalized spacial score (nSPS) is 22.8. The molecule has 1 aliphatic heterocycles. The summed E-state index contributed by atoms with van der Waals surface area (Å²) >= 11 is 0. The number of rotatable bonds is 4. The first-order valence-corrected chi connectivity index (χ1v) is 8.39. The minimum atomic E-state index is -2.79. The first kappa shape index (κ1) is 13.6. The molecule has 1 unspecified atom stereocenters. The van der Waals surface area contributed by atoms with Crippen molar-refractivity contribution in [2.24, 2.45) is 11.7 Å². The molecule has 1 aliphatic rings. The van der Waals surface area contributed by atoms with Crippen LogP contribution >= 0.6 is 0 Å². The van der Waals surface area contributed by atoms with Crippen molar-refractivity contribution in [2.45, 2.75) is 25.7 Å². The fraction of sp³-hybridized carbons (Fsp3) is 0.571. The molecule has 1 atom stereocenters. The van der Waals surface area contributed by atoms with Crippen molar-refractivity contribution in [1.82, 2.24) is 0 Å². The molecule has 0 spiro atoms. The fourth-order valence-electron chi connectivity index (χ4n) is 2.62. The molecule has 1 aromatic rings. The molecule has 0 saturated carbocycles. The third-order valence-electron chi connectivity index (χ3n) is 3.54. The molecule has 1 fully saturated rings. The van der Waals surface area contributed by atoms with Crippen LogP contribution in [-0.4, -0.2) is 26.5 Å². The predicted molar refractivity (Wildman–Crippen MR) is 74.3 cm³/mol. The fourth-order valence-corrected chi connectivity index (χ4v) is 4.40. The molecule has 0 radical (unpaired) electrons. The van der Waals surface area contributed by atoms with Gasteiger partial charge >= 0.3 is 0 Å². The average Bonchev–Trinajstić information content (AvgIpc) is 2.31. The lowest BCUT2D eigenvalue weighted by Gasteiger charge is -2.21. The predicted octanol–water partition coefficient (Wildman–Crippen LogP) is 1.56. The molecule has 1 aromatic carbocycles. The van der Waals surface area contributed by atoms with E-state index in [1.54, 1.807) is 0 Å². The Hall–Kier alpha value is -0.870. The van der Waals surface area contributed by atoms with Crippen molar-refractivity contribution in [2.75, 3.05) is 18.1 Å². The molecule has 1 heterocycles. The first-order valence-electron chi connectivity index (χ1n) is 6.57. The summed E-state index contributed by atoms with van der Waals surface area (Å²) < 4.78 is 23.2. The van der Waals surface area contributed by atoms with E-state index in [4.69, 9.17) is 5.73 Å². The summed E-state index contributed by atoms with van der Waals surface area (Å²) in [5.74, 6) is 1.03. The summed E-state index contributed by atoms with van der Waals surface area (Å²) in [7, 11) is -2.79. The number of nitrogens with two attached hydrogens (primary N) is 1. The minimum absolute atomic E-state index is 0.295. The second kappa shape index (κ2) is 5.85. The average molecular weight is 267 g/mol. The van der Waals surface area contributed by atoms with E-state index < -0.39 is 9.84 Å². The van der Waals surface area contributed by atoms with Gasteiger partial charge in [0.2, 0.25) is 0 Å². The Labute approximate surface area is 109 Å². The number of hydrogen-bond acceptors (Lipinski definition) is 3. The van der Waals surface area contributed by atoms with E-state index in [2.05, 4.69) is 24.3 Å². The summed E-state index contributed by atoms with van der Waals surface area (Å²) in [4.78, 5) is 0. The summed E-state index contributed by atoms with van der Waals surface area (Å²) in [5, 5.41) is 0.